The molecular formula is C14H12FO2. The molecule has 87 valence electrons. The van der Waals surface area contributed by atoms with Crippen LogP contribution in [0.15, 0.2) is 42.5 Å². The molecular weight excluding hydrogens is 219 g/mol. The highest BCUT2D eigenvalue weighted by atomic mass is 19.1. The van der Waals surface area contributed by atoms with Crippen molar-refractivity contribution in [3.8, 4) is 11.5 Å². The lowest BCUT2D eigenvalue weighted by molar-refractivity contribution is 0.303. The topological polar surface area (TPSA) is 18.5 Å². The number of hydrogen-bond donors (Lipinski definition) is 0. The van der Waals surface area contributed by atoms with Crippen molar-refractivity contribution < 1.29 is 13.9 Å². The number of ether oxygens (including phenoxy) is 2. The van der Waals surface area contributed by atoms with E-state index in [0.29, 0.717) is 12.4 Å². The lowest BCUT2D eigenvalue weighted by Gasteiger charge is -2.07. The zero-order valence-corrected chi connectivity index (χ0v) is 9.44. The second kappa shape index (κ2) is 5.34. The maximum Gasteiger partial charge on any atom is 0.130 e. The summed E-state index contributed by atoms with van der Waals surface area (Å²) in [4.78, 5) is 0. The van der Waals surface area contributed by atoms with Crippen molar-refractivity contribution >= 4 is 0 Å². The molecule has 0 amide bonds. The summed E-state index contributed by atoms with van der Waals surface area (Å²) >= 11 is 0. The first-order valence-corrected chi connectivity index (χ1v) is 5.21. The van der Waals surface area contributed by atoms with Crippen LogP contribution < -0.4 is 9.47 Å². The van der Waals surface area contributed by atoms with E-state index in [1.165, 1.54) is 18.2 Å². The molecule has 1 radical (unpaired) electrons. The summed E-state index contributed by atoms with van der Waals surface area (Å²) in [6, 6.07) is 14.5. The fourth-order valence-corrected chi connectivity index (χ4v) is 1.43. The molecule has 0 fully saturated rings. The Morgan fingerprint density at radius 1 is 1.24 bits per heavy atom. The summed E-state index contributed by atoms with van der Waals surface area (Å²) in [5.74, 6) is 0.839. The molecule has 0 aliphatic heterocycles. The molecule has 17 heavy (non-hydrogen) atoms. The molecule has 0 aliphatic rings. The Bertz CT molecular complexity index is 497. The first-order valence-electron chi connectivity index (χ1n) is 5.21. The SMILES string of the molecule is COc1cccc(COc2[c]ccc(F)c2)c1. The average Bonchev–Trinajstić information content (AvgIpc) is 2.37. The monoisotopic (exact) mass is 231 g/mol. The van der Waals surface area contributed by atoms with Gasteiger partial charge in [-0.25, -0.2) is 4.39 Å². The van der Waals surface area contributed by atoms with Crippen molar-refractivity contribution in [1.29, 1.82) is 0 Å². The van der Waals surface area contributed by atoms with E-state index in [2.05, 4.69) is 6.07 Å². The summed E-state index contributed by atoms with van der Waals surface area (Å²) in [6.45, 7) is 0.358. The molecule has 0 aliphatic carbocycles. The number of benzene rings is 2. The molecule has 0 spiro atoms. The summed E-state index contributed by atoms with van der Waals surface area (Å²) < 4.78 is 23.4. The maximum atomic E-state index is 12.9. The quantitative estimate of drug-likeness (QED) is 0.804. The van der Waals surface area contributed by atoms with E-state index in [-0.39, 0.29) is 5.82 Å². The smallest absolute Gasteiger partial charge is 0.130 e. The van der Waals surface area contributed by atoms with Gasteiger partial charge in [-0.15, -0.1) is 0 Å². The zero-order valence-electron chi connectivity index (χ0n) is 9.44. The zero-order chi connectivity index (χ0) is 12.1. The molecule has 0 atom stereocenters. The standard InChI is InChI=1S/C14H12FO2/c1-16-13-6-2-4-11(8-13)10-17-14-7-3-5-12(15)9-14/h2-6,8-9H,10H2,1H3. The van der Waals surface area contributed by atoms with E-state index < -0.39 is 0 Å². The second-order valence-electron chi connectivity index (χ2n) is 3.51. The fraction of sp³-hybridized carbons (Fsp3) is 0.143. The van der Waals surface area contributed by atoms with Gasteiger partial charge < -0.3 is 9.47 Å². The number of halogens is 1. The summed E-state index contributed by atoms with van der Waals surface area (Å²) in [5.41, 5.74) is 0.960. The van der Waals surface area contributed by atoms with Crippen LogP contribution in [-0.2, 0) is 6.61 Å². The minimum Gasteiger partial charge on any atom is -0.497 e. The van der Waals surface area contributed by atoms with Gasteiger partial charge in [0.1, 0.15) is 23.9 Å². The predicted molar refractivity (Wildman–Crippen MR) is 62.6 cm³/mol. The lowest BCUT2D eigenvalue weighted by Crippen LogP contribution is -1.96. The van der Waals surface area contributed by atoms with Crippen molar-refractivity contribution in [3.63, 3.8) is 0 Å². The van der Waals surface area contributed by atoms with Gasteiger partial charge in [-0.1, -0.05) is 12.1 Å². The highest BCUT2D eigenvalue weighted by molar-refractivity contribution is 5.28. The van der Waals surface area contributed by atoms with Gasteiger partial charge in [-0.05, 0) is 29.8 Å². The van der Waals surface area contributed by atoms with Gasteiger partial charge in [-0.2, -0.15) is 0 Å². The van der Waals surface area contributed by atoms with E-state index in [1.807, 2.05) is 24.3 Å². The van der Waals surface area contributed by atoms with Crippen molar-refractivity contribution in [1.82, 2.24) is 0 Å². The van der Waals surface area contributed by atoms with Crippen LogP contribution in [0.2, 0.25) is 0 Å². The third-order valence-corrected chi connectivity index (χ3v) is 2.27. The molecule has 2 aromatic rings. The van der Waals surface area contributed by atoms with Gasteiger partial charge in [0.05, 0.1) is 7.11 Å². The van der Waals surface area contributed by atoms with Crippen LogP contribution in [0.25, 0.3) is 0 Å². The van der Waals surface area contributed by atoms with Gasteiger partial charge in [0, 0.05) is 12.1 Å². The Kier molecular flexibility index (Phi) is 3.60. The molecule has 0 heterocycles. The van der Waals surface area contributed by atoms with Gasteiger partial charge in [0.2, 0.25) is 0 Å². The van der Waals surface area contributed by atoms with Gasteiger partial charge in [0.15, 0.2) is 0 Å². The molecule has 0 N–H and O–H groups in total. The van der Waals surface area contributed by atoms with Crippen LogP contribution in [0.5, 0.6) is 11.5 Å². The van der Waals surface area contributed by atoms with Crippen molar-refractivity contribution in [2.24, 2.45) is 0 Å². The average molecular weight is 231 g/mol. The third kappa shape index (κ3) is 3.21. The van der Waals surface area contributed by atoms with Gasteiger partial charge in [-0.3, -0.25) is 0 Å². The Morgan fingerprint density at radius 3 is 2.88 bits per heavy atom. The van der Waals surface area contributed by atoms with Crippen LogP contribution in [0.3, 0.4) is 0 Å². The molecule has 0 saturated heterocycles. The van der Waals surface area contributed by atoms with Crippen molar-refractivity contribution in [3.05, 3.63) is 59.9 Å². The molecule has 2 aromatic carbocycles. The van der Waals surface area contributed by atoms with Crippen LogP contribution in [0.1, 0.15) is 5.56 Å². The lowest BCUT2D eigenvalue weighted by atomic mass is 10.2. The Labute approximate surface area is 99.6 Å². The molecule has 0 saturated carbocycles. The van der Waals surface area contributed by atoms with Gasteiger partial charge in [0.25, 0.3) is 0 Å². The van der Waals surface area contributed by atoms with Crippen LogP contribution in [-0.4, -0.2) is 7.11 Å². The number of rotatable bonds is 4. The number of hydrogen-bond acceptors (Lipinski definition) is 2. The molecule has 2 rings (SSSR count). The normalized spacial score (nSPS) is 10.0. The van der Waals surface area contributed by atoms with Crippen LogP contribution >= 0.6 is 0 Å². The Morgan fingerprint density at radius 2 is 2.12 bits per heavy atom. The first kappa shape index (κ1) is 11.5. The van der Waals surface area contributed by atoms with Crippen LogP contribution in [0.4, 0.5) is 4.39 Å². The molecule has 0 bridgehead atoms. The Hall–Kier alpha value is -2.03. The predicted octanol–water partition coefficient (Wildman–Crippen LogP) is 3.21. The molecule has 0 aromatic heterocycles. The summed E-state index contributed by atoms with van der Waals surface area (Å²) in [5, 5.41) is 0. The van der Waals surface area contributed by atoms with Gasteiger partial charge >= 0.3 is 0 Å². The van der Waals surface area contributed by atoms with E-state index in [9.17, 15) is 4.39 Å². The Balaban J connectivity index is 2.02. The summed E-state index contributed by atoms with van der Waals surface area (Å²) in [6.07, 6.45) is 0. The van der Waals surface area contributed by atoms with E-state index in [1.54, 1.807) is 7.11 Å². The first-order chi connectivity index (χ1) is 8.28. The highest BCUT2D eigenvalue weighted by Crippen LogP contribution is 2.16. The van der Waals surface area contributed by atoms with Crippen molar-refractivity contribution in [2.45, 2.75) is 6.61 Å². The van der Waals surface area contributed by atoms with Crippen molar-refractivity contribution in [2.75, 3.05) is 7.11 Å². The van der Waals surface area contributed by atoms with Crippen LogP contribution in [0, 0.1) is 11.9 Å². The maximum absolute atomic E-state index is 12.9. The third-order valence-electron chi connectivity index (χ3n) is 2.27. The molecule has 3 heteroatoms. The summed E-state index contributed by atoms with van der Waals surface area (Å²) in [7, 11) is 1.61. The van der Waals surface area contributed by atoms with E-state index in [4.69, 9.17) is 9.47 Å². The number of methoxy groups -OCH3 is 1. The minimum atomic E-state index is -0.329. The van der Waals surface area contributed by atoms with E-state index in [0.717, 1.165) is 11.3 Å². The van der Waals surface area contributed by atoms with E-state index >= 15 is 0 Å². The molecule has 0 unspecified atom stereocenters. The highest BCUT2D eigenvalue weighted by Gasteiger charge is 1.99. The largest absolute Gasteiger partial charge is 0.497 e. The second-order valence-corrected chi connectivity index (χ2v) is 3.51. The fourth-order valence-electron chi connectivity index (χ4n) is 1.43. The minimum absolute atomic E-state index is 0.329. The molecule has 2 nitrogen and oxygen atoms in total.